The SMILES string of the molecule is CC(C)Oc1ccc2nc(Cc3ccc(/C=C/C(=O)NO)cc3)[nH]c2c1.Cl. The lowest BCUT2D eigenvalue weighted by Gasteiger charge is -2.08. The number of ether oxygens (including phenoxy) is 1. The Bertz CT molecular complexity index is 933. The average molecular weight is 388 g/mol. The smallest absolute Gasteiger partial charge is 0.267 e. The van der Waals surface area contributed by atoms with E-state index in [1.165, 1.54) is 6.08 Å². The molecule has 1 heterocycles. The van der Waals surface area contributed by atoms with Gasteiger partial charge in [-0.3, -0.25) is 10.0 Å². The summed E-state index contributed by atoms with van der Waals surface area (Å²) >= 11 is 0. The molecule has 2 aromatic carbocycles. The van der Waals surface area contributed by atoms with Gasteiger partial charge in [-0.2, -0.15) is 0 Å². The number of hydrogen-bond acceptors (Lipinski definition) is 4. The van der Waals surface area contributed by atoms with Crippen molar-refractivity contribution in [2.75, 3.05) is 0 Å². The van der Waals surface area contributed by atoms with Crippen molar-refractivity contribution >= 4 is 35.4 Å². The molecule has 0 fully saturated rings. The van der Waals surface area contributed by atoms with E-state index in [2.05, 4.69) is 9.97 Å². The van der Waals surface area contributed by atoms with Crippen LogP contribution in [0.1, 0.15) is 30.8 Å². The van der Waals surface area contributed by atoms with Crippen molar-refractivity contribution in [3.63, 3.8) is 0 Å². The van der Waals surface area contributed by atoms with Crippen LogP contribution in [0.15, 0.2) is 48.5 Å². The van der Waals surface area contributed by atoms with Gasteiger partial charge in [-0.05, 0) is 43.2 Å². The fourth-order valence-electron chi connectivity index (χ4n) is 2.62. The fraction of sp³-hybridized carbons (Fsp3) is 0.200. The molecule has 1 amide bonds. The highest BCUT2D eigenvalue weighted by Gasteiger charge is 2.06. The number of aromatic amines is 1. The molecule has 0 saturated heterocycles. The molecule has 0 atom stereocenters. The maximum atomic E-state index is 11.0. The number of imidazole rings is 1. The monoisotopic (exact) mass is 387 g/mol. The second-order valence-electron chi connectivity index (χ2n) is 6.26. The Balaban J connectivity index is 0.00000261. The first-order chi connectivity index (χ1) is 12.5. The van der Waals surface area contributed by atoms with E-state index in [-0.39, 0.29) is 18.5 Å². The van der Waals surface area contributed by atoms with Crippen molar-refractivity contribution in [2.45, 2.75) is 26.4 Å². The summed E-state index contributed by atoms with van der Waals surface area (Å²) in [6.45, 7) is 4.00. The highest BCUT2D eigenvalue weighted by atomic mass is 35.5. The summed E-state index contributed by atoms with van der Waals surface area (Å²) in [6, 6.07) is 13.6. The predicted molar refractivity (Wildman–Crippen MR) is 107 cm³/mol. The van der Waals surface area contributed by atoms with Crippen LogP contribution in [-0.4, -0.2) is 27.2 Å². The van der Waals surface area contributed by atoms with Crippen LogP contribution >= 0.6 is 12.4 Å². The number of H-pyrrole nitrogens is 1. The number of benzene rings is 2. The third kappa shape index (κ3) is 5.57. The Morgan fingerprint density at radius 1 is 1.26 bits per heavy atom. The first-order valence-corrected chi connectivity index (χ1v) is 8.40. The van der Waals surface area contributed by atoms with Gasteiger partial charge in [0.05, 0.1) is 17.1 Å². The molecule has 0 unspecified atom stereocenters. The summed E-state index contributed by atoms with van der Waals surface area (Å²) in [4.78, 5) is 18.9. The molecule has 0 spiro atoms. The number of rotatable bonds is 6. The van der Waals surface area contributed by atoms with Crippen molar-refractivity contribution < 1.29 is 14.7 Å². The minimum atomic E-state index is -0.558. The topological polar surface area (TPSA) is 87.2 Å². The van der Waals surface area contributed by atoms with Gasteiger partial charge < -0.3 is 9.72 Å². The van der Waals surface area contributed by atoms with Crippen LogP contribution < -0.4 is 10.2 Å². The third-order valence-electron chi connectivity index (χ3n) is 3.76. The van der Waals surface area contributed by atoms with Gasteiger partial charge in [0.2, 0.25) is 0 Å². The molecule has 0 bridgehead atoms. The largest absolute Gasteiger partial charge is 0.491 e. The minimum Gasteiger partial charge on any atom is -0.491 e. The minimum absolute atomic E-state index is 0. The number of fused-ring (bicyclic) bond motifs is 1. The molecule has 6 nitrogen and oxygen atoms in total. The van der Waals surface area contributed by atoms with Crippen LogP contribution in [0.4, 0.5) is 0 Å². The molecule has 0 aliphatic heterocycles. The standard InChI is InChI=1S/C20H21N3O3.ClH/c1-13(2)26-16-8-9-17-18(12-16)22-19(21-17)11-15-5-3-14(4-6-15)7-10-20(24)23-25;/h3-10,12-13,25H,11H2,1-2H3,(H,21,22)(H,23,24);1H/b10-7+;. The van der Waals surface area contributed by atoms with Crippen molar-refractivity contribution in [2.24, 2.45) is 0 Å². The lowest BCUT2D eigenvalue weighted by atomic mass is 10.1. The highest BCUT2D eigenvalue weighted by molar-refractivity contribution is 5.90. The van der Waals surface area contributed by atoms with Crippen LogP contribution in [0.5, 0.6) is 5.75 Å². The first kappa shape index (κ1) is 20.5. The summed E-state index contributed by atoms with van der Waals surface area (Å²) < 4.78 is 5.71. The van der Waals surface area contributed by atoms with E-state index < -0.39 is 5.91 Å². The van der Waals surface area contributed by atoms with Crippen molar-refractivity contribution in [1.29, 1.82) is 0 Å². The van der Waals surface area contributed by atoms with Gasteiger partial charge in [-0.15, -0.1) is 12.4 Å². The maximum Gasteiger partial charge on any atom is 0.267 e. The molecular formula is C20H22ClN3O3. The summed E-state index contributed by atoms with van der Waals surface area (Å²) in [5, 5.41) is 8.47. The van der Waals surface area contributed by atoms with Crippen molar-refractivity contribution in [1.82, 2.24) is 15.4 Å². The zero-order chi connectivity index (χ0) is 18.5. The summed E-state index contributed by atoms with van der Waals surface area (Å²) in [6.07, 6.45) is 3.71. The lowest BCUT2D eigenvalue weighted by molar-refractivity contribution is -0.124. The molecule has 3 aromatic rings. The first-order valence-electron chi connectivity index (χ1n) is 8.40. The van der Waals surface area contributed by atoms with Crippen LogP contribution in [0.3, 0.4) is 0 Å². The predicted octanol–water partition coefficient (Wildman–Crippen LogP) is 3.88. The molecule has 0 aliphatic rings. The van der Waals surface area contributed by atoms with E-state index in [4.69, 9.17) is 9.94 Å². The number of halogens is 1. The summed E-state index contributed by atoms with van der Waals surface area (Å²) in [7, 11) is 0. The Kier molecular flexibility index (Phi) is 6.98. The Morgan fingerprint density at radius 2 is 2.00 bits per heavy atom. The maximum absolute atomic E-state index is 11.0. The van der Waals surface area contributed by atoms with Gasteiger partial charge in [0.25, 0.3) is 5.91 Å². The fourth-order valence-corrected chi connectivity index (χ4v) is 2.62. The Morgan fingerprint density at radius 3 is 2.67 bits per heavy atom. The number of nitrogens with zero attached hydrogens (tertiary/aromatic N) is 1. The molecule has 3 N–H and O–H groups in total. The Hall–Kier alpha value is -2.83. The van der Waals surface area contributed by atoms with Crippen molar-refractivity contribution in [3.8, 4) is 5.75 Å². The highest BCUT2D eigenvalue weighted by Crippen LogP contribution is 2.21. The molecular weight excluding hydrogens is 366 g/mol. The number of nitrogens with one attached hydrogen (secondary N) is 2. The molecule has 0 radical (unpaired) electrons. The number of hydroxylamine groups is 1. The van der Waals surface area contributed by atoms with Gasteiger partial charge >= 0.3 is 0 Å². The van der Waals surface area contributed by atoms with Crippen LogP contribution in [0.2, 0.25) is 0 Å². The van der Waals surface area contributed by atoms with Gasteiger partial charge in [0.1, 0.15) is 11.6 Å². The van der Waals surface area contributed by atoms with E-state index in [0.29, 0.717) is 6.42 Å². The van der Waals surface area contributed by atoms with Gasteiger partial charge in [-0.25, -0.2) is 10.5 Å². The second-order valence-corrected chi connectivity index (χ2v) is 6.26. The lowest BCUT2D eigenvalue weighted by Crippen LogP contribution is -2.14. The van der Waals surface area contributed by atoms with Crippen molar-refractivity contribution in [3.05, 3.63) is 65.5 Å². The van der Waals surface area contributed by atoms with Crippen LogP contribution in [0.25, 0.3) is 17.1 Å². The molecule has 3 rings (SSSR count). The Labute approximate surface area is 163 Å². The molecule has 142 valence electrons. The molecule has 0 aliphatic carbocycles. The normalized spacial score (nSPS) is 11.0. The zero-order valence-electron chi connectivity index (χ0n) is 15.1. The number of carbonyl (C=O) groups is 1. The van der Waals surface area contributed by atoms with E-state index in [9.17, 15) is 4.79 Å². The zero-order valence-corrected chi connectivity index (χ0v) is 15.9. The quantitative estimate of drug-likeness (QED) is 0.340. The molecule has 0 saturated carbocycles. The summed E-state index contributed by atoms with van der Waals surface area (Å²) in [5.74, 6) is 1.15. The number of carbonyl (C=O) groups excluding carboxylic acids is 1. The van der Waals surface area contributed by atoms with Crippen LogP contribution in [-0.2, 0) is 11.2 Å². The number of amides is 1. The van der Waals surface area contributed by atoms with E-state index in [1.807, 2.05) is 56.3 Å². The van der Waals surface area contributed by atoms with E-state index >= 15 is 0 Å². The number of aromatic nitrogens is 2. The molecule has 7 heteroatoms. The van der Waals surface area contributed by atoms with E-state index in [0.717, 1.165) is 33.7 Å². The molecule has 27 heavy (non-hydrogen) atoms. The van der Waals surface area contributed by atoms with E-state index in [1.54, 1.807) is 11.6 Å². The van der Waals surface area contributed by atoms with Crippen LogP contribution in [0, 0.1) is 0 Å². The summed E-state index contributed by atoms with van der Waals surface area (Å²) in [5.41, 5.74) is 5.39. The number of hydrogen-bond donors (Lipinski definition) is 3. The third-order valence-corrected chi connectivity index (χ3v) is 3.76. The molecule has 1 aromatic heterocycles. The van der Waals surface area contributed by atoms with Gasteiger partial charge in [-0.1, -0.05) is 24.3 Å². The second kappa shape index (κ2) is 9.21. The van der Waals surface area contributed by atoms with Gasteiger partial charge in [0, 0.05) is 18.6 Å². The average Bonchev–Trinajstić information content (AvgIpc) is 3.01. The van der Waals surface area contributed by atoms with Gasteiger partial charge in [0.15, 0.2) is 0 Å².